The highest BCUT2D eigenvalue weighted by Crippen LogP contribution is 2.21. The summed E-state index contributed by atoms with van der Waals surface area (Å²) in [6.45, 7) is 2.32. The van der Waals surface area contributed by atoms with Crippen molar-refractivity contribution in [2.75, 3.05) is 5.32 Å². The summed E-state index contributed by atoms with van der Waals surface area (Å²) in [5.41, 5.74) is 0.338. The summed E-state index contributed by atoms with van der Waals surface area (Å²) in [6, 6.07) is 1.40. The molecule has 0 aliphatic heterocycles. The minimum absolute atomic E-state index is 0.123. The lowest BCUT2D eigenvalue weighted by molar-refractivity contribution is -0.114. The molecule has 0 radical (unpaired) electrons. The third-order valence-electron chi connectivity index (χ3n) is 1.61. The number of hydrogen-bond acceptors (Lipinski definition) is 4. The minimum Gasteiger partial charge on any atom is -0.453 e. The lowest BCUT2D eigenvalue weighted by Crippen LogP contribution is -2.06. The third-order valence-corrected chi connectivity index (χ3v) is 1.61. The molecule has 0 saturated carbocycles. The number of aliphatic hydroxyl groups excluding tert-OH is 1. The van der Waals surface area contributed by atoms with Gasteiger partial charge < -0.3 is 14.8 Å². The Bertz CT molecular complexity index is 367. The molecule has 0 unspecified atom stereocenters. The maximum atomic E-state index is 10.9. The first-order chi connectivity index (χ1) is 6.54. The number of rotatable bonds is 3. The Morgan fingerprint density at radius 3 is 2.57 bits per heavy atom. The van der Waals surface area contributed by atoms with Crippen LogP contribution in [0.15, 0.2) is 10.5 Å². The molecule has 0 aliphatic rings. The van der Waals surface area contributed by atoms with E-state index >= 15 is 0 Å². The first-order valence-electron chi connectivity index (χ1n) is 4.06. The second kappa shape index (κ2) is 4.06. The highest BCUT2D eigenvalue weighted by atomic mass is 16.4. The van der Waals surface area contributed by atoms with Crippen molar-refractivity contribution in [1.82, 2.24) is 0 Å². The number of carbonyl (C=O) groups excluding carboxylic acids is 2. The van der Waals surface area contributed by atoms with Gasteiger partial charge in [-0.25, -0.2) is 0 Å². The summed E-state index contributed by atoms with van der Waals surface area (Å²) in [5, 5.41) is 11.3. The molecule has 0 spiro atoms. The second-order valence-corrected chi connectivity index (χ2v) is 2.84. The van der Waals surface area contributed by atoms with Gasteiger partial charge in [0.25, 0.3) is 0 Å². The molecule has 14 heavy (non-hydrogen) atoms. The van der Waals surface area contributed by atoms with Crippen molar-refractivity contribution >= 4 is 17.4 Å². The molecule has 1 rings (SSSR count). The molecular weight excluding hydrogens is 186 g/mol. The molecule has 5 heteroatoms. The summed E-state index contributed by atoms with van der Waals surface area (Å²) in [5.74, 6) is -0.227. The minimum atomic E-state index is -0.358. The molecule has 0 atom stereocenters. The summed E-state index contributed by atoms with van der Waals surface area (Å²) in [4.78, 5) is 21.7. The number of furan rings is 1. The number of Topliss-reactive ketones (excluding diaryl/α,β-unsaturated/α-hetero) is 1. The van der Waals surface area contributed by atoms with Gasteiger partial charge in [-0.2, -0.15) is 0 Å². The highest BCUT2D eigenvalue weighted by Gasteiger charge is 2.13. The molecule has 1 amide bonds. The van der Waals surface area contributed by atoms with Crippen LogP contribution in [0.2, 0.25) is 0 Å². The summed E-state index contributed by atoms with van der Waals surface area (Å²) in [7, 11) is 0. The summed E-state index contributed by atoms with van der Waals surface area (Å²) >= 11 is 0. The Morgan fingerprint density at radius 1 is 1.50 bits per heavy atom. The molecule has 1 aromatic heterocycles. The number of ketones is 1. The van der Waals surface area contributed by atoms with E-state index in [-0.39, 0.29) is 29.8 Å². The van der Waals surface area contributed by atoms with E-state index in [1.54, 1.807) is 0 Å². The van der Waals surface area contributed by atoms with Crippen LogP contribution in [0.1, 0.15) is 30.2 Å². The van der Waals surface area contributed by atoms with Crippen LogP contribution >= 0.6 is 0 Å². The maximum absolute atomic E-state index is 10.9. The zero-order valence-electron chi connectivity index (χ0n) is 7.96. The first kappa shape index (κ1) is 10.5. The molecule has 5 nitrogen and oxygen atoms in total. The Hall–Kier alpha value is -1.62. The molecule has 0 fully saturated rings. The van der Waals surface area contributed by atoms with Gasteiger partial charge in [-0.05, 0) is 0 Å². The average Bonchev–Trinajstić information content (AvgIpc) is 2.46. The van der Waals surface area contributed by atoms with Crippen LogP contribution in [0.5, 0.6) is 0 Å². The Kier molecular flexibility index (Phi) is 3.03. The fraction of sp³-hybridized carbons (Fsp3) is 0.333. The van der Waals surface area contributed by atoms with E-state index in [2.05, 4.69) is 5.32 Å². The number of hydrogen-bond donors (Lipinski definition) is 2. The Labute approximate surface area is 80.7 Å². The van der Waals surface area contributed by atoms with Crippen LogP contribution in [0.3, 0.4) is 0 Å². The van der Waals surface area contributed by atoms with Gasteiger partial charge in [0.05, 0.1) is 5.69 Å². The van der Waals surface area contributed by atoms with Crippen molar-refractivity contribution in [1.29, 1.82) is 0 Å². The monoisotopic (exact) mass is 197 g/mol. The smallest absolute Gasteiger partial charge is 0.221 e. The van der Waals surface area contributed by atoms with E-state index in [1.807, 2.05) is 0 Å². The van der Waals surface area contributed by atoms with Crippen LogP contribution in [-0.4, -0.2) is 16.8 Å². The van der Waals surface area contributed by atoms with Crippen molar-refractivity contribution in [2.45, 2.75) is 20.5 Å². The number of nitrogens with one attached hydrogen (secondary N) is 1. The largest absolute Gasteiger partial charge is 0.453 e. The van der Waals surface area contributed by atoms with Gasteiger partial charge in [0.1, 0.15) is 6.61 Å². The van der Waals surface area contributed by atoms with E-state index in [0.717, 1.165) is 0 Å². The molecule has 2 N–H and O–H groups in total. The van der Waals surface area contributed by atoms with Gasteiger partial charge in [0.15, 0.2) is 17.3 Å². The van der Waals surface area contributed by atoms with Crippen LogP contribution in [0, 0.1) is 0 Å². The molecule has 76 valence electrons. The maximum Gasteiger partial charge on any atom is 0.221 e. The van der Waals surface area contributed by atoms with Crippen molar-refractivity contribution in [3.63, 3.8) is 0 Å². The van der Waals surface area contributed by atoms with E-state index < -0.39 is 0 Å². The van der Waals surface area contributed by atoms with Gasteiger partial charge in [0, 0.05) is 19.9 Å². The Balaban J connectivity index is 3.02. The summed E-state index contributed by atoms with van der Waals surface area (Å²) < 4.78 is 5.01. The van der Waals surface area contributed by atoms with Gasteiger partial charge >= 0.3 is 0 Å². The molecular formula is C9H11NO4. The number of aliphatic hydroxyl groups is 1. The molecule has 1 aromatic rings. The fourth-order valence-corrected chi connectivity index (χ4v) is 1.02. The highest BCUT2D eigenvalue weighted by molar-refractivity contribution is 5.95. The van der Waals surface area contributed by atoms with Gasteiger partial charge in [0.2, 0.25) is 5.91 Å². The average molecular weight is 197 g/mol. The number of carbonyl (C=O) groups is 2. The van der Waals surface area contributed by atoms with Crippen molar-refractivity contribution in [2.24, 2.45) is 0 Å². The second-order valence-electron chi connectivity index (χ2n) is 2.84. The van der Waals surface area contributed by atoms with E-state index in [4.69, 9.17) is 9.52 Å². The summed E-state index contributed by atoms with van der Waals surface area (Å²) in [6.07, 6.45) is 0. The van der Waals surface area contributed by atoms with Gasteiger partial charge in [-0.1, -0.05) is 0 Å². The topological polar surface area (TPSA) is 79.5 Å². The molecule has 0 aromatic carbocycles. The number of amides is 1. The van der Waals surface area contributed by atoms with Gasteiger partial charge in [-0.15, -0.1) is 0 Å². The van der Waals surface area contributed by atoms with Crippen molar-refractivity contribution < 1.29 is 19.1 Å². The van der Waals surface area contributed by atoms with E-state index in [9.17, 15) is 9.59 Å². The predicted molar refractivity (Wildman–Crippen MR) is 48.9 cm³/mol. The van der Waals surface area contributed by atoms with Crippen LogP contribution < -0.4 is 5.32 Å². The van der Waals surface area contributed by atoms with Crippen LogP contribution in [0.25, 0.3) is 0 Å². The van der Waals surface area contributed by atoms with Crippen LogP contribution in [-0.2, 0) is 11.4 Å². The zero-order chi connectivity index (χ0) is 10.7. The number of anilines is 1. The molecule has 0 saturated heterocycles. The van der Waals surface area contributed by atoms with E-state index in [0.29, 0.717) is 5.69 Å². The molecule has 0 bridgehead atoms. The van der Waals surface area contributed by atoms with Gasteiger partial charge in [-0.3, -0.25) is 9.59 Å². The van der Waals surface area contributed by atoms with Crippen molar-refractivity contribution in [3.8, 4) is 0 Å². The predicted octanol–water partition coefficient (Wildman–Crippen LogP) is 0.933. The quantitative estimate of drug-likeness (QED) is 0.706. The molecule has 1 heterocycles. The lowest BCUT2D eigenvalue weighted by atomic mass is 10.3. The normalized spacial score (nSPS) is 9.93. The SMILES string of the molecule is CC(=O)Nc1cc(C(C)=O)oc1CO. The third kappa shape index (κ3) is 2.20. The van der Waals surface area contributed by atoms with Crippen LogP contribution in [0.4, 0.5) is 5.69 Å². The Morgan fingerprint density at radius 2 is 2.14 bits per heavy atom. The van der Waals surface area contributed by atoms with Crippen molar-refractivity contribution in [3.05, 3.63) is 17.6 Å². The lowest BCUT2D eigenvalue weighted by Gasteiger charge is -1.98. The zero-order valence-corrected chi connectivity index (χ0v) is 7.96. The molecule has 0 aliphatic carbocycles. The standard InChI is InChI=1S/C9H11NO4/c1-5(12)8-3-7(10-6(2)13)9(4-11)14-8/h3,11H,4H2,1-2H3,(H,10,13). The fourth-order valence-electron chi connectivity index (χ4n) is 1.02. The van der Waals surface area contributed by atoms with E-state index in [1.165, 1.54) is 19.9 Å². The first-order valence-corrected chi connectivity index (χ1v) is 4.06.